The van der Waals surface area contributed by atoms with Crippen molar-refractivity contribution in [2.75, 3.05) is 0 Å². The van der Waals surface area contributed by atoms with Gasteiger partial charge in [0.15, 0.2) is 0 Å². The van der Waals surface area contributed by atoms with Crippen LogP contribution in [-0.4, -0.2) is 23.4 Å². The molecule has 2 rings (SSSR count). The Balaban J connectivity index is 2.88. The van der Waals surface area contributed by atoms with Crippen molar-refractivity contribution in [3.05, 3.63) is 34.6 Å². The number of benzene rings is 1. The van der Waals surface area contributed by atoms with Gasteiger partial charge in [0, 0.05) is 0 Å². The second-order valence-electron chi connectivity index (χ2n) is 2.41. The minimum absolute atomic E-state index is 0.0254. The zero-order chi connectivity index (χ0) is 8.55. The Bertz CT molecular complexity index is 457. The molecule has 0 fully saturated rings. The van der Waals surface area contributed by atoms with Crippen LogP contribution in [0.1, 0.15) is 0 Å². The number of nitrogens with zero attached hydrogens (tertiary/aromatic N) is 1. The van der Waals surface area contributed by atoms with Crippen LogP contribution < -0.4 is 5.56 Å². The Hall–Kier alpha value is -0.831. The van der Waals surface area contributed by atoms with Gasteiger partial charge in [-0.05, 0) is 0 Å². The van der Waals surface area contributed by atoms with Crippen LogP contribution >= 0.6 is 0 Å². The summed E-state index contributed by atoms with van der Waals surface area (Å²) in [6, 6.07) is 7.49. The zero-order valence-corrected chi connectivity index (χ0v) is 7.94. The number of hydrogen-bond acceptors (Lipinski definition) is 2. The van der Waals surface area contributed by atoms with Crippen molar-refractivity contribution in [3.63, 3.8) is 0 Å². The molecule has 0 atom stereocenters. The molecule has 0 spiro atoms. The molecule has 0 saturated carbocycles. The van der Waals surface area contributed by atoms with E-state index in [0.717, 1.165) is 9.65 Å². The monoisotopic (exact) mass is 229 g/mol. The van der Waals surface area contributed by atoms with E-state index in [2.05, 4.69) is 0 Å². The van der Waals surface area contributed by atoms with E-state index in [1.165, 1.54) is 3.56 Å². The summed E-state index contributed by atoms with van der Waals surface area (Å²) in [5.74, 6) is 0. The van der Waals surface area contributed by atoms with Gasteiger partial charge in [-0.1, -0.05) is 0 Å². The van der Waals surface area contributed by atoms with Crippen molar-refractivity contribution in [3.8, 4) is 0 Å². The van der Waals surface area contributed by atoms with Crippen LogP contribution in [0.25, 0.3) is 9.65 Å². The summed E-state index contributed by atoms with van der Waals surface area (Å²) in [6.07, 6.45) is 0. The molecule has 0 amide bonds. The van der Waals surface area contributed by atoms with E-state index < -0.39 is 0 Å². The molecule has 12 heavy (non-hydrogen) atoms. The first-order valence-electron chi connectivity index (χ1n) is 3.52. The van der Waals surface area contributed by atoms with Crippen LogP contribution in [0.15, 0.2) is 29.1 Å². The van der Waals surface area contributed by atoms with Crippen molar-refractivity contribution < 1.29 is 5.11 Å². The van der Waals surface area contributed by atoms with E-state index in [4.69, 9.17) is 5.11 Å². The average molecular weight is 228 g/mol. The third kappa shape index (κ3) is 1.05. The topological polar surface area (TPSA) is 42.2 Å². The standard InChI is InChI=1S/C8H7NO2Se/c10-5-9-8(11)6-3-1-2-4-7(6)12-9/h1-4,10H,5H2. The molecule has 1 aromatic carbocycles. The van der Waals surface area contributed by atoms with E-state index in [0.29, 0.717) is 0 Å². The maximum absolute atomic E-state index is 11.4. The molecule has 1 aromatic heterocycles. The third-order valence-electron chi connectivity index (χ3n) is 1.68. The average Bonchev–Trinajstić information content (AvgIpc) is 2.44. The molecule has 0 bridgehead atoms. The number of fused-ring (bicyclic) bond motifs is 1. The van der Waals surface area contributed by atoms with Gasteiger partial charge in [-0.15, -0.1) is 0 Å². The van der Waals surface area contributed by atoms with Gasteiger partial charge in [-0.3, -0.25) is 0 Å². The second-order valence-corrected chi connectivity index (χ2v) is 4.64. The van der Waals surface area contributed by atoms with E-state index >= 15 is 0 Å². The summed E-state index contributed by atoms with van der Waals surface area (Å²) >= 11 is -0.0254. The van der Waals surface area contributed by atoms with Gasteiger partial charge in [0.1, 0.15) is 0 Å². The van der Waals surface area contributed by atoms with Crippen LogP contribution in [-0.2, 0) is 6.73 Å². The Kier molecular flexibility index (Phi) is 1.89. The molecule has 3 nitrogen and oxygen atoms in total. The summed E-state index contributed by atoms with van der Waals surface area (Å²) < 4.78 is 2.53. The van der Waals surface area contributed by atoms with E-state index in [9.17, 15) is 4.79 Å². The Labute approximate surface area is 74.8 Å². The molecule has 0 radical (unpaired) electrons. The molecule has 0 aliphatic rings. The fourth-order valence-electron chi connectivity index (χ4n) is 1.11. The second kappa shape index (κ2) is 2.90. The Morgan fingerprint density at radius 1 is 1.42 bits per heavy atom. The van der Waals surface area contributed by atoms with Gasteiger partial charge in [-0.25, -0.2) is 0 Å². The Morgan fingerprint density at radius 2 is 2.17 bits per heavy atom. The first-order valence-corrected chi connectivity index (χ1v) is 5.15. The summed E-state index contributed by atoms with van der Waals surface area (Å²) in [7, 11) is 0. The molecule has 2 aromatic rings. The predicted octanol–water partition coefficient (Wildman–Crippen LogP) is 0.00830. The van der Waals surface area contributed by atoms with Crippen molar-refractivity contribution in [2.45, 2.75) is 6.73 Å². The van der Waals surface area contributed by atoms with Gasteiger partial charge < -0.3 is 0 Å². The minimum atomic E-state index is -0.173. The summed E-state index contributed by atoms with van der Waals surface area (Å²) in [6.45, 7) is -0.173. The molecular weight excluding hydrogens is 221 g/mol. The van der Waals surface area contributed by atoms with Gasteiger partial charge in [-0.2, -0.15) is 0 Å². The van der Waals surface area contributed by atoms with Gasteiger partial charge >= 0.3 is 74.4 Å². The van der Waals surface area contributed by atoms with Gasteiger partial charge in [0.2, 0.25) is 0 Å². The van der Waals surface area contributed by atoms with E-state index in [-0.39, 0.29) is 27.0 Å². The summed E-state index contributed by atoms with van der Waals surface area (Å²) in [5.41, 5.74) is -0.0481. The van der Waals surface area contributed by atoms with Crippen molar-refractivity contribution >= 4 is 24.4 Å². The van der Waals surface area contributed by atoms with Crippen LogP contribution in [0.4, 0.5) is 0 Å². The van der Waals surface area contributed by atoms with E-state index in [1.807, 2.05) is 18.2 Å². The van der Waals surface area contributed by atoms with Crippen LogP contribution in [0.3, 0.4) is 0 Å². The van der Waals surface area contributed by atoms with Gasteiger partial charge in [0.25, 0.3) is 0 Å². The summed E-state index contributed by atoms with van der Waals surface area (Å²) in [5, 5.41) is 9.57. The molecule has 0 saturated heterocycles. The number of rotatable bonds is 1. The molecule has 0 aliphatic heterocycles. The molecule has 0 aliphatic carbocycles. The molecule has 62 valence electrons. The SMILES string of the molecule is O=c1c2ccccc2[se]n1CO. The quantitative estimate of drug-likeness (QED) is 0.698. The molecule has 1 heterocycles. The molecule has 1 N–H and O–H groups in total. The Morgan fingerprint density at radius 3 is 2.83 bits per heavy atom. The number of aromatic nitrogens is 1. The van der Waals surface area contributed by atoms with Crippen LogP contribution in [0.2, 0.25) is 0 Å². The number of aliphatic hydroxyl groups is 1. The summed E-state index contributed by atoms with van der Waals surface area (Å²) in [4.78, 5) is 11.4. The van der Waals surface area contributed by atoms with Crippen LogP contribution in [0, 0.1) is 0 Å². The first kappa shape index (κ1) is 7.80. The van der Waals surface area contributed by atoms with Crippen molar-refractivity contribution in [1.29, 1.82) is 0 Å². The van der Waals surface area contributed by atoms with Crippen molar-refractivity contribution in [2.24, 2.45) is 0 Å². The van der Waals surface area contributed by atoms with E-state index in [1.54, 1.807) is 6.07 Å². The molecular formula is C8H7NO2Se. The fraction of sp³-hybridized carbons (Fsp3) is 0.125. The number of hydrogen-bond donors (Lipinski definition) is 1. The fourth-order valence-corrected chi connectivity index (χ4v) is 2.93. The normalized spacial score (nSPS) is 10.8. The van der Waals surface area contributed by atoms with Crippen LogP contribution in [0.5, 0.6) is 0 Å². The molecule has 0 unspecified atom stereocenters. The first-order chi connectivity index (χ1) is 5.83. The predicted molar refractivity (Wildman–Crippen MR) is 47.4 cm³/mol. The molecule has 4 heteroatoms. The zero-order valence-electron chi connectivity index (χ0n) is 6.23. The third-order valence-corrected chi connectivity index (χ3v) is 3.89. The maximum atomic E-state index is 11.4. The van der Waals surface area contributed by atoms with Gasteiger partial charge in [0.05, 0.1) is 0 Å². The number of aliphatic hydroxyl groups excluding tert-OH is 1. The van der Waals surface area contributed by atoms with Crippen molar-refractivity contribution in [1.82, 2.24) is 3.56 Å².